The van der Waals surface area contributed by atoms with Gasteiger partial charge in [0.2, 0.25) is 17.2 Å². The number of imidazole rings is 3. The second kappa shape index (κ2) is 22.3. The molecule has 0 radical (unpaired) electrons. The Hall–Kier alpha value is -10.5. The first-order valence-electron chi connectivity index (χ1n) is 34.3. The number of Topliss-reactive ketones (excluding diaryl/α,β-unsaturated/α-hetero) is 3. The number of fused-ring (bicyclic) bond motifs is 6. The predicted molar refractivity (Wildman–Crippen MR) is 368 cm³/mol. The lowest BCUT2D eigenvalue weighted by atomic mass is 9.52. The molecule has 31 heteroatoms. The highest BCUT2D eigenvalue weighted by Crippen LogP contribution is 2.60. The monoisotopic (exact) mass is 1370 g/mol. The van der Waals surface area contributed by atoms with E-state index in [4.69, 9.17) is 27.3 Å². The van der Waals surface area contributed by atoms with Crippen molar-refractivity contribution in [2.45, 2.75) is 134 Å². The van der Waals surface area contributed by atoms with E-state index in [-0.39, 0.29) is 74.5 Å². The summed E-state index contributed by atoms with van der Waals surface area (Å²) in [6.07, 6.45) is 31.1. The molecule has 10 aromatic heterocycles. The van der Waals surface area contributed by atoms with Gasteiger partial charge in [0.25, 0.3) is 0 Å². The fourth-order valence-electron chi connectivity index (χ4n) is 20.0. The highest BCUT2D eigenvalue weighted by Gasteiger charge is 2.60. The molecule has 6 unspecified atom stereocenters. The summed E-state index contributed by atoms with van der Waals surface area (Å²) in [5.41, 5.74) is 15.3. The van der Waals surface area contributed by atoms with Crippen LogP contribution in [0.3, 0.4) is 0 Å². The van der Waals surface area contributed by atoms with Crippen LogP contribution >= 0.6 is 11.6 Å². The average molecular weight is 1370 g/mol. The Morgan fingerprint density at radius 3 is 1.30 bits per heavy atom. The number of rotatable bonds is 7. The Bertz CT molecular complexity index is 5260. The minimum atomic E-state index is -0.331. The Morgan fingerprint density at radius 2 is 0.900 bits per heavy atom. The maximum Gasteiger partial charge on any atom is 0.372 e. The van der Waals surface area contributed by atoms with E-state index in [2.05, 4.69) is 67.2 Å². The molecule has 12 saturated carbocycles. The number of nitrogens with two attached hydrogens (primary N) is 1. The molecule has 0 saturated heterocycles. The molecule has 510 valence electrons. The number of anilines is 4. The Labute approximate surface area is 574 Å². The van der Waals surface area contributed by atoms with Gasteiger partial charge in [0.15, 0.2) is 28.2 Å². The molecule has 12 bridgehead atoms. The average Bonchev–Trinajstić information content (AvgIpc) is 1.33. The van der Waals surface area contributed by atoms with Crippen LogP contribution in [0.25, 0.3) is 44.8 Å². The number of hydrazone groups is 1. The minimum absolute atomic E-state index is 0.0777. The van der Waals surface area contributed by atoms with Crippen LogP contribution in [0.2, 0.25) is 5.28 Å². The molecule has 6 atom stereocenters. The van der Waals surface area contributed by atoms with E-state index >= 15 is 0 Å². The lowest BCUT2D eigenvalue weighted by Crippen LogP contribution is -2.58. The number of carbonyl (C=O) groups is 3. The summed E-state index contributed by atoms with van der Waals surface area (Å²) < 4.78 is 13.8. The van der Waals surface area contributed by atoms with Gasteiger partial charge < -0.3 is 16.4 Å². The third-order valence-corrected chi connectivity index (χ3v) is 24.2. The number of pyridine rings is 2. The number of hydrogen-bond acceptors (Lipinski definition) is 22. The predicted octanol–water partition coefficient (Wildman–Crippen LogP) is 6.83. The van der Waals surface area contributed by atoms with Crippen LogP contribution in [-0.4, -0.2) is 121 Å². The number of carbonyl (C=O) groups excluding carboxylic acids is 3. The van der Waals surface area contributed by atoms with Gasteiger partial charge in [-0.15, -0.1) is 5.01 Å². The quantitative estimate of drug-likeness (QED) is 0.109. The number of ketones is 3. The normalized spacial score (nSPS) is 29.0. The molecule has 24 rings (SSSR count). The molecule has 12 aliphatic carbocycles. The molecular formula is C69H72ClN24O6+. The van der Waals surface area contributed by atoms with Crippen molar-refractivity contribution in [2.24, 2.45) is 90.2 Å². The zero-order valence-corrected chi connectivity index (χ0v) is 56.7. The van der Waals surface area contributed by atoms with Gasteiger partial charge in [-0.05, 0) is 175 Å². The summed E-state index contributed by atoms with van der Waals surface area (Å²) in [7, 11) is 5.28. The highest BCUT2D eigenvalue weighted by molar-refractivity contribution is 6.28. The highest BCUT2D eigenvalue weighted by atomic mass is 35.5. The summed E-state index contributed by atoms with van der Waals surface area (Å²) in [6.45, 7) is 5.91. The minimum Gasteiger partial charge on any atom is -0.397 e. The summed E-state index contributed by atoms with van der Waals surface area (Å²) in [4.78, 5) is 117. The Balaban J connectivity index is 0.000000102. The van der Waals surface area contributed by atoms with Crippen molar-refractivity contribution in [1.29, 1.82) is 0 Å². The zero-order valence-electron chi connectivity index (χ0n) is 55.9. The van der Waals surface area contributed by atoms with Crippen LogP contribution in [0.15, 0.2) is 104 Å². The largest absolute Gasteiger partial charge is 0.397 e. The van der Waals surface area contributed by atoms with Gasteiger partial charge in [0, 0.05) is 66.7 Å². The molecule has 0 spiro atoms. The van der Waals surface area contributed by atoms with E-state index in [0.29, 0.717) is 80.5 Å². The fourth-order valence-corrected chi connectivity index (χ4v) is 20.1. The van der Waals surface area contributed by atoms with E-state index < -0.39 is 0 Å². The van der Waals surface area contributed by atoms with Gasteiger partial charge in [-0.25, -0.2) is 48.3 Å². The summed E-state index contributed by atoms with van der Waals surface area (Å²) >= 11 is 5.98. The van der Waals surface area contributed by atoms with Crippen molar-refractivity contribution in [2.75, 3.05) is 10.6 Å². The molecule has 12 fully saturated rings. The molecule has 14 aliphatic rings. The number of aliphatic imine (C=N–C) groups is 1. The van der Waals surface area contributed by atoms with Crippen LogP contribution in [0.1, 0.15) is 114 Å². The standard InChI is InChI=1S/2C23H24N8O2.C16H17ClN4O2.C7H7N4/c2*1-12-3-18-25-11-26-30(18)10-16(12)27-21-24-9-17-20(28-21)31(22(33)29(17)2)23-6-13-4-14(7-23)19(32)15(5-13)8-23;1-20-11-7-18-14(17)19-13(11)21(15(20)23)16-4-8-2-9(5-16)12(22)10(3-8)6-16;1-5-2-7-9-4-10-11(7)3-6(5)8/h2*3,9-11,13-15H,4-8H2,1-2H3,(H,24,27,28);7-10H,2-6H2,1H3;2-3H,8H2,1H3/q;;;+1. The van der Waals surface area contributed by atoms with E-state index in [0.717, 1.165) is 147 Å². The number of allylic oxidation sites excluding steroid dienone is 1. The number of amidine groups is 1. The molecule has 12 heterocycles. The third-order valence-electron chi connectivity index (χ3n) is 24.0. The maximum atomic E-state index is 13.5. The molecule has 0 amide bonds. The number of aromatic nitrogens is 18. The van der Waals surface area contributed by atoms with Crippen LogP contribution in [-0.2, 0) is 52.1 Å². The fraction of sp³-hybridized carbons (Fsp3) is 0.478. The van der Waals surface area contributed by atoms with Crippen molar-refractivity contribution >= 4 is 109 Å². The van der Waals surface area contributed by atoms with Crippen molar-refractivity contribution in [3.63, 3.8) is 0 Å². The first kappa shape index (κ1) is 61.8. The second-order valence-corrected chi connectivity index (χ2v) is 30.5. The van der Waals surface area contributed by atoms with Gasteiger partial charge in [-0.1, -0.05) is 0 Å². The first-order valence-corrected chi connectivity index (χ1v) is 34.7. The zero-order chi connectivity index (χ0) is 68.7. The lowest BCUT2D eigenvalue weighted by Gasteiger charge is -2.55. The molecule has 4 N–H and O–H groups in total. The second-order valence-electron chi connectivity index (χ2n) is 30.1. The molecule has 30 nitrogen and oxygen atoms in total. The van der Waals surface area contributed by atoms with Gasteiger partial charge in [-0.2, -0.15) is 25.1 Å². The molecular weight excluding hydrogens is 1300 g/mol. The summed E-state index contributed by atoms with van der Waals surface area (Å²) in [6, 6.07) is 3.89. The number of nitrogens with zero attached hydrogens (tertiary/aromatic N) is 21. The molecule has 0 aromatic carbocycles. The first-order chi connectivity index (χ1) is 48.1. The summed E-state index contributed by atoms with van der Waals surface area (Å²) in [5.74, 6) is 4.96. The van der Waals surface area contributed by atoms with E-state index in [1.165, 1.54) is 12.7 Å². The molecule has 2 aliphatic heterocycles. The van der Waals surface area contributed by atoms with Crippen LogP contribution in [0.5, 0.6) is 0 Å². The van der Waals surface area contributed by atoms with Crippen molar-refractivity contribution in [3.8, 4) is 0 Å². The maximum absolute atomic E-state index is 13.5. The van der Waals surface area contributed by atoms with Crippen LogP contribution < -0.4 is 33.4 Å². The Morgan fingerprint density at radius 1 is 0.520 bits per heavy atom. The SMILES string of the molecule is CC1=CC2=N[C+]=NN2C=C1N.Cc1cc2ncnn2cc1Nc1ncc2c(n1)n(C13CC4CC(C1)C(=O)C(C4)C3)c(=O)n2C.Cc1cc2ncnn2cc1Nc1ncc2c(n1)n(C13CC4CC(C1)C(=O)C(C4)C3)c(=O)n2C.Cn1c(=O)n(C23CC4CC(C2)C(=O)C(C4)C3)c2nc(Cl)ncc21. The van der Waals surface area contributed by atoms with E-state index in [1.54, 1.807) is 73.7 Å². The van der Waals surface area contributed by atoms with Gasteiger partial charge in [0.05, 0.1) is 76.9 Å². The van der Waals surface area contributed by atoms with Gasteiger partial charge >= 0.3 is 29.2 Å². The third kappa shape index (κ3) is 9.58. The van der Waals surface area contributed by atoms with Gasteiger partial charge in [-0.3, -0.25) is 41.8 Å². The van der Waals surface area contributed by atoms with Crippen LogP contribution in [0, 0.1) is 67.1 Å². The number of aryl methyl sites for hydroxylation is 5. The van der Waals surface area contributed by atoms with Crippen LogP contribution in [0.4, 0.5) is 23.3 Å². The van der Waals surface area contributed by atoms with Crippen molar-refractivity contribution in [3.05, 3.63) is 127 Å². The summed E-state index contributed by atoms with van der Waals surface area (Å²) in [5, 5.41) is 20.6. The lowest BCUT2D eigenvalue weighted by molar-refractivity contribution is -0.146. The Kier molecular flexibility index (Phi) is 13.8. The topological polar surface area (TPSA) is 348 Å². The number of halogens is 1. The number of hydrogen-bond donors (Lipinski definition) is 3. The van der Waals surface area contributed by atoms with Crippen molar-refractivity contribution < 1.29 is 14.4 Å². The van der Waals surface area contributed by atoms with E-state index in [1.807, 2.05) is 65.1 Å². The van der Waals surface area contributed by atoms with E-state index in [9.17, 15) is 28.8 Å². The smallest absolute Gasteiger partial charge is 0.372 e. The molecule has 100 heavy (non-hydrogen) atoms. The van der Waals surface area contributed by atoms with Crippen molar-refractivity contribution in [1.82, 2.24) is 91.5 Å². The number of nitrogens with one attached hydrogen (secondary N) is 2. The molecule has 10 aromatic rings. The van der Waals surface area contributed by atoms with Gasteiger partial charge in [0.1, 0.15) is 46.6 Å².